The maximum atomic E-state index is 11.1. The lowest BCUT2D eigenvalue weighted by atomic mass is 10.1. The third-order valence-corrected chi connectivity index (χ3v) is 3.74. The Kier molecular flexibility index (Phi) is 3.92. The topological polar surface area (TPSA) is 85.9 Å². The van der Waals surface area contributed by atoms with Gasteiger partial charge in [-0.1, -0.05) is 6.92 Å². The van der Waals surface area contributed by atoms with Crippen molar-refractivity contribution in [3.8, 4) is 0 Å². The van der Waals surface area contributed by atoms with Crippen molar-refractivity contribution in [2.24, 2.45) is 7.05 Å². The van der Waals surface area contributed by atoms with Gasteiger partial charge in [-0.15, -0.1) is 0 Å². The van der Waals surface area contributed by atoms with Gasteiger partial charge in [0.2, 0.25) is 0 Å². The Labute approximate surface area is 133 Å². The second-order valence-corrected chi connectivity index (χ2v) is 5.27. The van der Waals surface area contributed by atoms with E-state index >= 15 is 0 Å². The Bertz CT molecular complexity index is 872. The molecular weight excluding hydrogens is 294 g/mol. The highest BCUT2D eigenvalue weighted by molar-refractivity contribution is 5.96. The number of hydrogen-bond donors (Lipinski definition) is 1. The fraction of sp³-hybridized carbons (Fsp3) is 0.250. The quantitative estimate of drug-likeness (QED) is 0.578. The maximum Gasteiger partial charge on any atom is 0.278 e. The highest BCUT2D eigenvalue weighted by atomic mass is 16.6. The molecule has 0 aliphatic rings. The summed E-state index contributed by atoms with van der Waals surface area (Å²) in [6, 6.07) is 6.63. The molecule has 2 heterocycles. The smallest absolute Gasteiger partial charge is 0.278 e. The van der Waals surface area contributed by atoms with Gasteiger partial charge in [0.05, 0.1) is 21.7 Å². The van der Waals surface area contributed by atoms with Crippen molar-refractivity contribution in [1.29, 1.82) is 0 Å². The molecule has 118 valence electrons. The predicted octanol–water partition coefficient (Wildman–Crippen LogP) is 3.05. The lowest BCUT2D eigenvalue weighted by molar-refractivity contribution is -0.383. The minimum absolute atomic E-state index is 0.0641. The average Bonchev–Trinajstić information content (AvgIpc) is 2.92. The number of aromatic nitrogens is 3. The van der Waals surface area contributed by atoms with Gasteiger partial charge in [-0.2, -0.15) is 5.10 Å². The maximum absolute atomic E-state index is 11.1. The molecule has 1 N–H and O–H groups in total. The summed E-state index contributed by atoms with van der Waals surface area (Å²) in [5.74, 6) is 0. The van der Waals surface area contributed by atoms with Gasteiger partial charge in [0, 0.05) is 37.6 Å². The van der Waals surface area contributed by atoms with Gasteiger partial charge in [-0.25, -0.2) is 0 Å². The van der Waals surface area contributed by atoms with Crippen molar-refractivity contribution >= 4 is 22.3 Å². The largest absolute Gasteiger partial charge is 0.379 e. The van der Waals surface area contributed by atoms with Crippen molar-refractivity contribution in [3.63, 3.8) is 0 Å². The summed E-state index contributed by atoms with van der Waals surface area (Å²) < 4.78 is 1.79. The van der Waals surface area contributed by atoms with Crippen LogP contribution < -0.4 is 5.32 Å². The van der Waals surface area contributed by atoms with Crippen LogP contribution in [0.15, 0.2) is 36.7 Å². The molecule has 0 radical (unpaired) electrons. The van der Waals surface area contributed by atoms with Gasteiger partial charge in [0.15, 0.2) is 0 Å². The van der Waals surface area contributed by atoms with Gasteiger partial charge < -0.3 is 5.32 Å². The van der Waals surface area contributed by atoms with Crippen LogP contribution in [0.25, 0.3) is 10.9 Å². The first-order valence-electron chi connectivity index (χ1n) is 7.37. The molecule has 2 aromatic heterocycles. The molecule has 0 amide bonds. The van der Waals surface area contributed by atoms with Crippen molar-refractivity contribution in [2.45, 2.75) is 19.9 Å². The number of non-ortho nitro benzene ring substituents is 1. The molecule has 23 heavy (non-hydrogen) atoms. The third-order valence-electron chi connectivity index (χ3n) is 3.74. The molecule has 7 heteroatoms. The molecule has 0 atom stereocenters. The van der Waals surface area contributed by atoms with Crippen LogP contribution in [-0.4, -0.2) is 19.7 Å². The second-order valence-electron chi connectivity index (χ2n) is 5.27. The Hall–Kier alpha value is -2.96. The molecule has 0 spiro atoms. The molecule has 1 aromatic carbocycles. The summed E-state index contributed by atoms with van der Waals surface area (Å²) in [6.45, 7) is 2.66. The average molecular weight is 311 g/mol. The number of nitro benzene ring substituents is 1. The first kappa shape index (κ1) is 15.0. The molecule has 3 aromatic rings. The Morgan fingerprint density at radius 1 is 1.35 bits per heavy atom. The zero-order chi connectivity index (χ0) is 16.4. The number of nitro groups is 1. The predicted molar refractivity (Wildman–Crippen MR) is 88.3 cm³/mol. The molecule has 7 nitrogen and oxygen atoms in total. The van der Waals surface area contributed by atoms with Gasteiger partial charge in [-0.05, 0) is 24.6 Å². The normalized spacial score (nSPS) is 10.9. The number of fused-ring (bicyclic) bond motifs is 1. The Balaban J connectivity index is 1.94. The molecule has 0 bridgehead atoms. The minimum Gasteiger partial charge on any atom is -0.379 e. The number of nitrogens with one attached hydrogen (secondary N) is 1. The zero-order valence-corrected chi connectivity index (χ0v) is 13.0. The first-order valence-corrected chi connectivity index (χ1v) is 7.37. The van der Waals surface area contributed by atoms with E-state index in [1.165, 1.54) is 6.07 Å². The highest BCUT2D eigenvalue weighted by Gasteiger charge is 2.15. The van der Waals surface area contributed by atoms with Crippen molar-refractivity contribution in [2.75, 3.05) is 5.32 Å². The standard InChI is InChI=1S/C16H17N5O2/c1-3-13-11(10-20(2)19-13)9-18-14-6-7-15(21(22)23)12-5-4-8-17-16(12)14/h4-8,10,18H,3,9H2,1-2H3. The summed E-state index contributed by atoms with van der Waals surface area (Å²) in [6.07, 6.45) is 4.47. The van der Waals surface area contributed by atoms with E-state index < -0.39 is 0 Å². The number of hydrogen-bond acceptors (Lipinski definition) is 5. The van der Waals surface area contributed by atoms with E-state index in [0.717, 1.165) is 23.4 Å². The monoisotopic (exact) mass is 311 g/mol. The fourth-order valence-corrected chi connectivity index (χ4v) is 2.68. The van der Waals surface area contributed by atoms with Crippen LogP contribution in [-0.2, 0) is 20.0 Å². The molecule has 0 unspecified atom stereocenters. The van der Waals surface area contributed by atoms with E-state index in [9.17, 15) is 10.1 Å². The van der Waals surface area contributed by atoms with Gasteiger partial charge in [0.1, 0.15) is 5.52 Å². The van der Waals surface area contributed by atoms with E-state index in [-0.39, 0.29) is 10.6 Å². The summed E-state index contributed by atoms with van der Waals surface area (Å²) in [4.78, 5) is 15.0. The molecule has 0 saturated carbocycles. The lowest BCUT2D eigenvalue weighted by Gasteiger charge is -2.09. The number of pyridine rings is 1. The minimum atomic E-state index is -0.385. The van der Waals surface area contributed by atoms with E-state index in [2.05, 4.69) is 22.3 Å². The molecule has 3 rings (SSSR count). The zero-order valence-electron chi connectivity index (χ0n) is 13.0. The summed E-state index contributed by atoms with van der Waals surface area (Å²) in [5.41, 5.74) is 3.59. The fourth-order valence-electron chi connectivity index (χ4n) is 2.68. The Morgan fingerprint density at radius 2 is 2.17 bits per heavy atom. The third kappa shape index (κ3) is 2.85. The summed E-state index contributed by atoms with van der Waals surface area (Å²) >= 11 is 0. The highest BCUT2D eigenvalue weighted by Crippen LogP contribution is 2.30. The van der Waals surface area contributed by atoms with Crippen molar-refractivity contribution in [1.82, 2.24) is 14.8 Å². The number of nitrogens with zero attached hydrogens (tertiary/aromatic N) is 4. The second kappa shape index (κ2) is 6.04. The molecule has 0 saturated heterocycles. The van der Waals surface area contributed by atoms with Crippen molar-refractivity contribution in [3.05, 3.63) is 58.0 Å². The Morgan fingerprint density at radius 3 is 2.91 bits per heavy atom. The lowest BCUT2D eigenvalue weighted by Crippen LogP contribution is -2.03. The number of rotatable bonds is 5. The number of anilines is 1. The number of aryl methyl sites for hydroxylation is 2. The van der Waals surface area contributed by atoms with E-state index in [4.69, 9.17) is 0 Å². The van der Waals surface area contributed by atoms with Crippen LogP contribution in [0.2, 0.25) is 0 Å². The van der Waals surface area contributed by atoms with Crippen LogP contribution in [0.3, 0.4) is 0 Å². The van der Waals surface area contributed by atoms with E-state index in [1.54, 1.807) is 29.1 Å². The molecule has 0 aliphatic carbocycles. The number of benzene rings is 1. The SMILES string of the molecule is CCc1nn(C)cc1CNc1ccc([N+](=O)[O-])c2cccnc12. The van der Waals surface area contributed by atoms with Gasteiger partial charge >= 0.3 is 0 Å². The van der Waals surface area contributed by atoms with Crippen LogP contribution >= 0.6 is 0 Å². The molecular formula is C16H17N5O2. The van der Waals surface area contributed by atoms with Gasteiger partial charge in [0.25, 0.3) is 5.69 Å². The van der Waals surface area contributed by atoms with Crippen LogP contribution in [0, 0.1) is 10.1 Å². The van der Waals surface area contributed by atoms with Crippen LogP contribution in [0.1, 0.15) is 18.2 Å². The van der Waals surface area contributed by atoms with Gasteiger partial charge in [-0.3, -0.25) is 19.8 Å². The van der Waals surface area contributed by atoms with E-state index in [0.29, 0.717) is 17.4 Å². The van der Waals surface area contributed by atoms with E-state index in [1.807, 2.05) is 13.2 Å². The summed E-state index contributed by atoms with van der Waals surface area (Å²) in [5, 5.41) is 19.4. The molecule has 0 fully saturated rings. The first-order chi connectivity index (χ1) is 11.1. The van der Waals surface area contributed by atoms with Crippen LogP contribution in [0.4, 0.5) is 11.4 Å². The molecule has 0 aliphatic heterocycles. The van der Waals surface area contributed by atoms with Crippen LogP contribution in [0.5, 0.6) is 0 Å². The summed E-state index contributed by atoms with van der Waals surface area (Å²) in [7, 11) is 1.89. The van der Waals surface area contributed by atoms with Crippen molar-refractivity contribution < 1.29 is 4.92 Å².